The highest BCUT2D eigenvalue weighted by atomic mass is 16.5. The molecule has 2 aromatic carbocycles. The molecule has 0 amide bonds. The van der Waals surface area contributed by atoms with Crippen molar-refractivity contribution in [1.29, 1.82) is 0 Å². The van der Waals surface area contributed by atoms with Gasteiger partial charge in [-0.2, -0.15) is 10.2 Å². The van der Waals surface area contributed by atoms with E-state index in [1.165, 1.54) is 0 Å². The Hall–Kier alpha value is -4.33. The molecule has 8 nitrogen and oxygen atoms in total. The fourth-order valence-electron chi connectivity index (χ4n) is 4.25. The first kappa shape index (κ1) is 21.5. The second-order valence-electron chi connectivity index (χ2n) is 7.88. The van der Waals surface area contributed by atoms with Crippen molar-refractivity contribution in [2.24, 2.45) is 7.05 Å². The van der Waals surface area contributed by atoms with Crippen LogP contribution < -0.4 is 14.2 Å². The highest BCUT2D eigenvalue weighted by Crippen LogP contribution is 2.41. The van der Waals surface area contributed by atoms with Crippen molar-refractivity contribution in [3.05, 3.63) is 66.6 Å². The van der Waals surface area contributed by atoms with Gasteiger partial charge in [-0.1, -0.05) is 0 Å². The Kier molecular flexibility index (Phi) is 5.41. The van der Waals surface area contributed by atoms with E-state index in [2.05, 4.69) is 11.2 Å². The molecule has 0 aliphatic heterocycles. The van der Waals surface area contributed by atoms with Gasteiger partial charge in [0.05, 0.1) is 32.5 Å². The molecule has 5 rings (SSSR count). The Morgan fingerprint density at radius 1 is 0.824 bits per heavy atom. The molecule has 5 aromatic rings. The predicted octanol–water partition coefficient (Wildman–Crippen LogP) is 4.82. The highest BCUT2D eigenvalue weighted by Gasteiger charge is 2.22. The zero-order chi connectivity index (χ0) is 23.8. The molecule has 3 heterocycles. The minimum absolute atomic E-state index is 0.694. The lowest BCUT2D eigenvalue weighted by molar-refractivity contribution is 0.395. The van der Waals surface area contributed by atoms with Crippen LogP contribution in [0, 0.1) is 6.92 Å². The van der Waals surface area contributed by atoms with Gasteiger partial charge in [-0.3, -0.25) is 4.68 Å². The topological polar surface area (TPSA) is 76.2 Å². The third-order valence-corrected chi connectivity index (χ3v) is 5.83. The normalized spacial score (nSPS) is 11.1. The summed E-state index contributed by atoms with van der Waals surface area (Å²) >= 11 is 0. The number of pyridine rings is 1. The fourth-order valence-corrected chi connectivity index (χ4v) is 4.25. The third kappa shape index (κ3) is 3.53. The van der Waals surface area contributed by atoms with Gasteiger partial charge < -0.3 is 14.2 Å². The molecule has 3 aromatic heterocycles. The maximum atomic E-state index is 5.75. The smallest absolute Gasteiger partial charge is 0.130 e. The summed E-state index contributed by atoms with van der Waals surface area (Å²) in [7, 11) is 6.88. The second kappa shape index (κ2) is 8.55. The van der Waals surface area contributed by atoms with E-state index < -0.39 is 0 Å². The van der Waals surface area contributed by atoms with Crippen LogP contribution in [-0.4, -0.2) is 45.9 Å². The monoisotopic (exact) mass is 455 g/mol. The van der Waals surface area contributed by atoms with Crippen molar-refractivity contribution in [2.45, 2.75) is 6.92 Å². The van der Waals surface area contributed by atoms with Gasteiger partial charge in [0.1, 0.15) is 28.5 Å². The first-order valence-corrected chi connectivity index (χ1v) is 10.8. The minimum Gasteiger partial charge on any atom is -0.497 e. The molecule has 0 bridgehead atoms. The van der Waals surface area contributed by atoms with Crippen LogP contribution in [0.15, 0.2) is 60.9 Å². The molecule has 0 aliphatic carbocycles. The lowest BCUT2D eigenvalue weighted by atomic mass is 10.0. The number of aryl methyl sites for hydroxylation is 2. The van der Waals surface area contributed by atoms with Crippen LogP contribution >= 0.6 is 0 Å². The second-order valence-corrected chi connectivity index (χ2v) is 7.88. The number of methoxy groups -OCH3 is 3. The molecule has 0 spiro atoms. The summed E-state index contributed by atoms with van der Waals surface area (Å²) in [5, 5.41) is 9.18. The number of ether oxygens (including phenoxy) is 3. The summed E-state index contributed by atoms with van der Waals surface area (Å²) in [6.07, 6.45) is 3.64. The van der Waals surface area contributed by atoms with Crippen LogP contribution in [0.2, 0.25) is 0 Å². The van der Waals surface area contributed by atoms with E-state index in [0.29, 0.717) is 5.75 Å². The molecule has 0 aliphatic rings. The van der Waals surface area contributed by atoms with E-state index >= 15 is 0 Å². The number of benzene rings is 2. The standard InChI is InChI=1S/C26H25N5O3/c1-16-13-21(19-10-8-18(32-3)15-23(19)34-5)26-25(28-16)24(29-30(26)2)20-9-7-17(14-22(20)33-4)31-12-6-11-27-31/h6-15H,1-5H3. The number of hydrogen-bond donors (Lipinski definition) is 0. The molecule has 0 N–H and O–H groups in total. The zero-order valence-corrected chi connectivity index (χ0v) is 19.7. The average molecular weight is 456 g/mol. The summed E-state index contributed by atoms with van der Waals surface area (Å²) in [6.45, 7) is 1.98. The van der Waals surface area contributed by atoms with Crippen molar-refractivity contribution < 1.29 is 14.2 Å². The maximum Gasteiger partial charge on any atom is 0.130 e. The van der Waals surface area contributed by atoms with Crippen molar-refractivity contribution in [3.63, 3.8) is 0 Å². The maximum absolute atomic E-state index is 5.75. The van der Waals surface area contributed by atoms with Crippen molar-refractivity contribution in [2.75, 3.05) is 21.3 Å². The van der Waals surface area contributed by atoms with Crippen LogP contribution in [0.1, 0.15) is 5.69 Å². The Bertz CT molecular complexity index is 1490. The van der Waals surface area contributed by atoms with Crippen LogP contribution in [0.25, 0.3) is 39.1 Å². The van der Waals surface area contributed by atoms with Gasteiger partial charge in [0.2, 0.25) is 0 Å². The molecular weight excluding hydrogens is 430 g/mol. The van der Waals surface area contributed by atoms with Gasteiger partial charge in [-0.05, 0) is 43.3 Å². The fraction of sp³-hybridized carbons (Fsp3) is 0.192. The van der Waals surface area contributed by atoms with E-state index in [0.717, 1.165) is 56.3 Å². The van der Waals surface area contributed by atoms with Crippen molar-refractivity contribution in [3.8, 4) is 45.3 Å². The Labute approximate surface area is 197 Å². The van der Waals surface area contributed by atoms with Crippen LogP contribution in [0.4, 0.5) is 0 Å². The number of aromatic nitrogens is 5. The van der Waals surface area contributed by atoms with Gasteiger partial charge in [0.25, 0.3) is 0 Å². The van der Waals surface area contributed by atoms with Gasteiger partial charge in [-0.25, -0.2) is 9.67 Å². The SMILES string of the molecule is COc1ccc(-c2cc(C)nc3c(-c4ccc(-n5cccn5)cc4OC)nn(C)c23)c(OC)c1. The molecule has 172 valence electrons. The molecule has 0 radical (unpaired) electrons. The van der Waals surface area contributed by atoms with E-state index in [1.54, 1.807) is 32.2 Å². The number of fused-ring (bicyclic) bond motifs is 1. The van der Waals surface area contributed by atoms with Crippen molar-refractivity contribution in [1.82, 2.24) is 24.5 Å². The summed E-state index contributed by atoms with van der Waals surface area (Å²) in [5.74, 6) is 2.14. The van der Waals surface area contributed by atoms with Crippen LogP contribution in [0.3, 0.4) is 0 Å². The van der Waals surface area contributed by atoms with E-state index in [9.17, 15) is 0 Å². The first-order chi connectivity index (χ1) is 16.5. The minimum atomic E-state index is 0.694. The highest BCUT2D eigenvalue weighted by molar-refractivity contribution is 6.01. The van der Waals surface area contributed by atoms with Crippen molar-refractivity contribution >= 4 is 11.0 Å². The Balaban J connectivity index is 1.73. The Morgan fingerprint density at radius 3 is 2.29 bits per heavy atom. The summed E-state index contributed by atoms with van der Waals surface area (Å²) in [4.78, 5) is 4.87. The van der Waals surface area contributed by atoms with Gasteiger partial charge in [-0.15, -0.1) is 0 Å². The first-order valence-electron chi connectivity index (χ1n) is 10.8. The molecule has 34 heavy (non-hydrogen) atoms. The number of nitrogens with zero attached hydrogens (tertiary/aromatic N) is 5. The van der Waals surface area contributed by atoms with Gasteiger partial charge in [0.15, 0.2) is 0 Å². The van der Waals surface area contributed by atoms with Crippen LogP contribution in [-0.2, 0) is 7.05 Å². The quantitative estimate of drug-likeness (QED) is 0.365. The van der Waals surface area contributed by atoms with E-state index in [4.69, 9.17) is 24.3 Å². The third-order valence-electron chi connectivity index (χ3n) is 5.83. The lowest BCUT2D eigenvalue weighted by Crippen LogP contribution is -1.97. The summed E-state index contributed by atoms with van der Waals surface area (Å²) in [5.41, 5.74) is 7.00. The summed E-state index contributed by atoms with van der Waals surface area (Å²) < 4.78 is 20.5. The molecule has 0 fully saturated rings. The van der Waals surface area contributed by atoms with Gasteiger partial charge >= 0.3 is 0 Å². The number of rotatable bonds is 6. The average Bonchev–Trinajstić information content (AvgIpc) is 3.51. The van der Waals surface area contributed by atoms with E-state index in [-0.39, 0.29) is 0 Å². The largest absolute Gasteiger partial charge is 0.497 e. The Morgan fingerprint density at radius 2 is 1.59 bits per heavy atom. The molecular formula is C26H25N5O3. The molecule has 8 heteroatoms. The molecule has 0 atom stereocenters. The lowest BCUT2D eigenvalue weighted by Gasteiger charge is -2.13. The van der Waals surface area contributed by atoms with E-state index in [1.807, 2.05) is 67.3 Å². The predicted molar refractivity (Wildman–Crippen MR) is 131 cm³/mol. The number of hydrogen-bond acceptors (Lipinski definition) is 6. The molecule has 0 unspecified atom stereocenters. The van der Waals surface area contributed by atoms with Gasteiger partial charge in [0, 0.05) is 54.0 Å². The molecule has 0 saturated carbocycles. The van der Waals surface area contributed by atoms with Crippen LogP contribution in [0.5, 0.6) is 17.2 Å². The zero-order valence-electron chi connectivity index (χ0n) is 19.7. The molecule has 0 saturated heterocycles. The summed E-state index contributed by atoms with van der Waals surface area (Å²) in [6, 6.07) is 15.7.